The van der Waals surface area contributed by atoms with Crippen molar-refractivity contribution in [2.24, 2.45) is 5.28 Å². The average molecular weight is 197 g/mol. The Labute approximate surface area is 83.8 Å². The van der Waals surface area contributed by atoms with Gasteiger partial charge >= 0.3 is 0 Å². The first-order chi connectivity index (χ1) is 6.68. The lowest BCUT2D eigenvalue weighted by Gasteiger charge is -2.32. The molecule has 0 spiro atoms. The Morgan fingerprint density at radius 3 is 2.57 bits per heavy atom. The van der Waals surface area contributed by atoms with Gasteiger partial charge in [0.05, 0.1) is 12.1 Å². The highest BCUT2D eigenvalue weighted by Gasteiger charge is 2.37. The van der Waals surface area contributed by atoms with E-state index in [0.29, 0.717) is 18.6 Å². The first kappa shape index (κ1) is 9.43. The van der Waals surface area contributed by atoms with Gasteiger partial charge in [0, 0.05) is 4.81 Å². The zero-order valence-electron chi connectivity index (χ0n) is 8.73. The van der Waals surface area contributed by atoms with Gasteiger partial charge in [-0.3, -0.25) is 10.2 Å². The lowest BCUT2D eigenvalue weighted by atomic mass is 10.00. The summed E-state index contributed by atoms with van der Waals surface area (Å²) in [6, 6.07) is 0.994. The van der Waals surface area contributed by atoms with E-state index in [-0.39, 0.29) is 5.90 Å². The topological polar surface area (TPSA) is 51.7 Å². The molecule has 0 unspecified atom stereocenters. The number of rotatable bonds is 1. The van der Waals surface area contributed by atoms with Crippen LogP contribution in [0.1, 0.15) is 33.1 Å². The van der Waals surface area contributed by atoms with E-state index in [4.69, 9.17) is 10.2 Å². The van der Waals surface area contributed by atoms with Crippen molar-refractivity contribution in [1.29, 1.82) is 5.41 Å². The van der Waals surface area contributed by atoms with E-state index >= 15 is 0 Å². The van der Waals surface area contributed by atoms with E-state index in [2.05, 4.69) is 24.1 Å². The minimum Gasteiger partial charge on any atom is -0.283 e. The van der Waals surface area contributed by atoms with Crippen LogP contribution < -0.4 is 0 Å². The predicted octanol–water partition coefficient (Wildman–Crippen LogP) is 1.55. The van der Waals surface area contributed by atoms with Crippen molar-refractivity contribution in [3.63, 3.8) is 0 Å². The second kappa shape index (κ2) is 3.55. The number of piperidine rings is 1. The fourth-order valence-corrected chi connectivity index (χ4v) is 2.27. The monoisotopic (exact) mass is 197 g/mol. The molecule has 2 heterocycles. The van der Waals surface area contributed by atoms with Gasteiger partial charge in [-0.05, 0) is 33.1 Å². The van der Waals surface area contributed by atoms with Crippen molar-refractivity contribution in [1.82, 2.24) is 5.01 Å². The van der Waals surface area contributed by atoms with Crippen LogP contribution in [0.15, 0.2) is 5.28 Å². The Morgan fingerprint density at radius 2 is 2.07 bits per heavy atom. The summed E-state index contributed by atoms with van der Waals surface area (Å²) in [6.07, 6.45) is 3.68. The number of hydrogen-bond acceptors (Lipinski definition) is 4. The lowest BCUT2D eigenvalue weighted by Crippen LogP contribution is -2.49. The van der Waals surface area contributed by atoms with Gasteiger partial charge < -0.3 is 0 Å². The summed E-state index contributed by atoms with van der Waals surface area (Å²) in [7, 11) is 0. The third-order valence-corrected chi connectivity index (χ3v) is 2.94. The third kappa shape index (κ3) is 1.58. The maximum atomic E-state index is 7.35. The SMILES string of the molecule is C[C@@H]1CCC[C@H](C)N1[N+]1=NOC(=N)C1. The molecule has 0 aromatic rings. The predicted molar refractivity (Wildman–Crippen MR) is 51.0 cm³/mol. The van der Waals surface area contributed by atoms with Gasteiger partial charge in [0.2, 0.25) is 5.28 Å². The molecule has 1 saturated heterocycles. The highest BCUT2D eigenvalue weighted by molar-refractivity contribution is 5.73. The first-order valence-corrected chi connectivity index (χ1v) is 5.19. The van der Waals surface area contributed by atoms with Crippen LogP contribution in [-0.4, -0.2) is 34.3 Å². The summed E-state index contributed by atoms with van der Waals surface area (Å²) < 4.78 is 0. The number of hydrazine groups is 1. The molecule has 0 radical (unpaired) electrons. The van der Waals surface area contributed by atoms with E-state index in [9.17, 15) is 0 Å². The fourth-order valence-electron chi connectivity index (χ4n) is 2.27. The molecule has 2 atom stereocenters. The minimum absolute atomic E-state index is 0.231. The molecule has 14 heavy (non-hydrogen) atoms. The van der Waals surface area contributed by atoms with E-state index in [1.807, 2.05) is 0 Å². The Kier molecular flexibility index (Phi) is 2.39. The van der Waals surface area contributed by atoms with Gasteiger partial charge in [-0.25, -0.2) is 0 Å². The molecule has 2 aliphatic heterocycles. The van der Waals surface area contributed by atoms with Crippen molar-refractivity contribution in [3.8, 4) is 0 Å². The molecule has 0 aromatic carbocycles. The number of hydrogen-bond donors (Lipinski definition) is 1. The maximum absolute atomic E-state index is 7.35. The van der Waals surface area contributed by atoms with Crippen molar-refractivity contribution >= 4 is 5.90 Å². The zero-order valence-corrected chi connectivity index (χ0v) is 8.73. The maximum Gasteiger partial charge on any atom is 0.294 e. The van der Waals surface area contributed by atoms with Gasteiger partial charge in [0.25, 0.3) is 12.4 Å². The molecule has 0 bridgehead atoms. The van der Waals surface area contributed by atoms with E-state index in [1.165, 1.54) is 19.3 Å². The summed E-state index contributed by atoms with van der Waals surface area (Å²) in [6.45, 7) is 4.88. The van der Waals surface area contributed by atoms with Gasteiger partial charge in [0.1, 0.15) is 0 Å². The van der Waals surface area contributed by atoms with Gasteiger partial charge in [-0.1, -0.05) is 0 Å². The van der Waals surface area contributed by atoms with Crippen molar-refractivity contribution in [3.05, 3.63) is 0 Å². The second-order valence-corrected chi connectivity index (χ2v) is 4.14. The Bertz CT molecular complexity index is 266. The van der Waals surface area contributed by atoms with E-state index < -0.39 is 0 Å². The molecule has 0 aromatic heterocycles. The summed E-state index contributed by atoms with van der Waals surface area (Å²) in [4.78, 5) is 6.60. The quantitative estimate of drug-likeness (QED) is 0.648. The normalized spacial score (nSPS) is 32.9. The highest BCUT2D eigenvalue weighted by Crippen LogP contribution is 2.23. The van der Waals surface area contributed by atoms with Crippen LogP contribution in [0.3, 0.4) is 0 Å². The summed E-state index contributed by atoms with van der Waals surface area (Å²) in [5, 5.41) is 13.4. The van der Waals surface area contributed by atoms with Crippen LogP contribution in [0.5, 0.6) is 0 Å². The second-order valence-electron chi connectivity index (χ2n) is 4.14. The summed E-state index contributed by atoms with van der Waals surface area (Å²) in [5.41, 5.74) is 0. The van der Waals surface area contributed by atoms with Crippen LogP contribution in [0.4, 0.5) is 0 Å². The van der Waals surface area contributed by atoms with Crippen molar-refractivity contribution in [2.45, 2.75) is 45.2 Å². The average Bonchev–Trinajstić information content (AvgIpc) is 2.51. The largest absolute Gasteiger partial charge is 0.294 e. The highest BCUT2D eigenvalue weighted by atomic mass is 16.7. The van der Waals surface area contributed by atoms with Crippen molar-refractivity contribution in [2.75, 3.05) is 6.54 Å². The van der Waals surface area contributed by atoms with Crippen LogP contribution >= 0.6 is 0 Å². The van der Waals surface area contributed by atoms with Gasteiger partial charge in [0.15, 0.2) is 0 Å². The van der Waals surface area contributed by atoms with Crippen LogP contribution in [0, 0.1) is 5.41 Å². The molecule has 5 heteroatoms. The Hall–Kier alpha value is -1.13. The first-order valence-electron chi connectivity index (χ1n) is 5.19. The molecule has 0 amide bonds. The molecule has 78 valence electrons. The molecule has 0 aliphatic carbocycles. The Morgan fingerprint density at radius 1 is 1.43 bits per heavy atom. The van der Waals surface area contributed by atoms with E-state index in [1.54, 1.807) is 4.81 Å². The molecule has 0 saturated carbocycles. The molecular weight excluding hydrogens is 180 g/mol. The standard InChI is InChI=1S/C9H17N4O/c1-7-4-3-5-8(2)13(7)12-6-9(10)14-11-12/h7-8,10H,3-6H2,1-2H3/q+1/t7-,8+. The van der Waals surface area contributed by atoms with Crippen LogP contribution in [0.25, 0.3) is 0 Å². The van der Waals surface area contributed by atoms with Crippen LogP contribution in [0.2, 0.25) is 0 Å². The molecule has 2 aliphatic rings. The van der Waals surface area contributed by atoms with Crippen LogP contribution in [-0.2, 0) is 4.84 Å². The molecule has 1 N–H and O–H groups in total. The molecule has 5 nitrogen and oxygen atoms in total. The summed E-state index contributed by atoms with van der Waals surface area (Å²) >= 11 is 0. The fraction of sp³-hybridized carbons (Fsp3) is 0.889. The van der Waals surface area contributed by atoms with E-state index in [0.717, 1.165) is 0 Å². The molecule has 2 rings (SSSR count). The Balaban J connectivity index is 2.10. The minimum atomic E-state index is 0.231. The summed E-state index contributed by atoms with van der Waals surface area (Å²) in [5.74, 6) is 0.231. The zero-order chi connectivity index (χ0) is 10.1. The smallest absolute Gasteiger partial charge is 0.283 e. The van der Waals surface area contributed by atoms with Gasteiger partial charge in [-0.2, -0.15) is 5.01 Å². The third-order valence-electron chi connectivity index (χ3n) is 2.94. The number of nitrogens with zero attached hydrogens (tertiary/aromatic N) is 3. The molecule has 1 fully saturated rings. The van der Waals surface area contributed by atoms with Crippen molar-refractivity contribution < 1.29 is 9.64 Å². The number of nitrogens with one attached hydrogen (secondary N) is 1. The lowest BCUT2D eigenvalue weighted by molar-refractivity contribution is -0.751. The van der Waals surface area contributed by atoms with Gasteiger partial charge in [-0.15, -0.1) is 0 Å². The molecular formula is C9H17N4O+.